The molecule has 5 nitrogen and oxygen atoms in total. The van der Waals surface area contributed by atoms with Gasteiger partial charge in [-0.05, 0) is 36.3 Å². The van der Waals surface area contributed by atoms with Gasteiger partial charge >= 0.3 is 0 Å². The third kappa shape index (κ3) is 5.21. The SMILES string of the molecule is COCCN(CCOC)c1ccc(C=C(C#N)C#N)c(C)c1. The summed E-state index contributed by atoms with van der Waals surface area (Å²) in [7, 11) is 3.36. The molecular formula is C17H21N3O2. The lowest BCUT2D eigenvalue weighted by Gasteiger charge is -2.25. The molecule has 0 heterocycles. The second kappa shape index (κ2) is 9.57. The number of methoxy groups -OCH3 is 2. The molecule has 5 heteroatoms. The van der Waals surface area contributed by atoms with Crippen molar-refractivity contribution in [1.82, 2.24) is 0 Å². The molecule has 0 bridgehead atoms. The molecule has 1 aromatic rings. The summed E-state index contributed by atoms with van der Waals surface area (Å²) in [5.74, 6) is 0. The van der Waals surface area contributed by atoms with Crippen molar-refractivity contribution < 1.29 is 9.47 Å². The minimum absolute atomic E-state index is 0.103. The van der Waals surface area contributed by atoms with E-state index in [-0.39, 0.29) is 5.57 Å². The number of aryl methyl sites for hydroxylation is 1. The molecule has 0 aliphatic carbocycles. The van der Waals surface area contributed by atoms with Crippen molar-refractivity contribution in [1.29, 1.82) is 10.5 Å². The fourth-order valence-electron chi connectivity index (χ4n) is 2.04. The van der Waals surface area contributed by atoms with Gasteiger partial charge in [0.1, 0.15) is 17.7 Å². The van der Waals surface area contributed by atoms with E-state index in [1.807, 2.05) is 37.3 Å². The minimum atomic E-state index is 0.103. The van der Waals surface area contributed by atoms with Gasteiger partial charge in [0.15, 0.2) is 0 Å². The topological polar surface area (TPSA) is 69.3 Å². The van der Waals surface area contributed by atoms with Gasteiger partial charge in [-0.2, -0.15) is 10.5 Å². The molecule has 0 fully saturated rings. The zero-order chi connectivity index (χ0) is 16.4. The van der Waals surface area contributed by atoms with Crippen LogP contribution in [0.15, 0.2) is 23.8 Å². The Labute approximate surface area is 132 Å². The molecule has 0 saturated heterocycles. The summed E-state index contributed by atoms with van der Waals surface area (Å²) in [5, 5.41) is 17.7. The van der Waals surface area contributed by atoms with Crippen LogP contribution in [0, 0.1) is 29.6 Å². The first-order valence-corrected chi connectivity index (χ1v) is 7.01. The van der Waals surface area contributed by atoms with Crippen LogP contribution in [-0.4, -0.2) is 40.5 Å². The van der Waals surface area contributed by atoms with Gasteiger partial charge in [-0.25, -0.2) is 0 Å². The molecular weight excluding hydrogens is 278 g/mol. The van der Waals surface area contributed by atoms with E-state index < -0.39 is 0 Å². The average molecular weight is 299 g/mol. The van der Waals surface area contributed by atoms with E-state index in [2.05, 4.69) is 4.90 Å². The third-order valence-corrected chi connectivity index (χ3v) is 3.29. The summed E-state index contributed by atoms with van der Waals surface area (Å²) in [5.41, 5.74) is 3.06. The Kier molecular flexibility index (Phi) is 7.70. The van der Waals surface area contributed by atoms with E-state index in [1.165, 1.54) is 0 Å². The van der Waals surface area contributed by atoms with Gasteiger partial charge in [-0.1, -0.05) is 6.07 Å². The summed E-state index contributed by atoms with van der Waals surface area (Å²) < 4.78 is 10.3. The highest BCUT2D eigenvalue weighted by atomic mass is 16.5. The summed E-state index contributed by atoms with van der Waals surface area (Å²) in [6.45, 7) is 4.79. The number of nitrogens with zero attached hydrogens (tertiary/aromatic N) is 3. The van der Waals surface area contributed by atoms with Crippen molar-refractivity contribution in [3.8, 4) is 12.1 Å². The van der Waals surface area contributed by atoms with Gasteiger partial charge in [0.05, 0.1) is 13.2 Å². The lowest BCUT2D eigenvalue weighted by molar-refractivity contribution is 0.190. The predicted molar refractivity (Wildman–Crippen MR) is 86.3 cm³/mol. The van der Waals surface area contributed by atoms with Crippen molar-refractivity contribution >= 4 is 11.8 Å². The predicted octanol–water partition coefficient (Wildman–Crippen LogP) is 2.52. The van der Waals surface area contributed by atoms with Crippen molar-refractivity contribution in [3.63, 3.8) is 0 Å². The van der Waals surface area contributed by atoms with Crippen LogP contribution in [0.3, 0.4) is 0 Å². The molecule has 0 aromatic heterocycles. The molecule has 0 atom stereocenters. The first-order chi connectivity index (χ1) is 10.7. The summed E-state index contributed by atoms with van der Waals surface area (Å²) in [4.78, 5) is 2.18. The molecule has 0 aliphatic rings. The van der Waals surface area contributed by atoms with Gasteiger partial charge in [-0.15, -0.1) is 0 Å². The molecule has 1 aromatic carbocycles. The van der Waals surface area contributed by atoms with E-state index in [4.69, 9.17) is 20.0 Å². The summed E-state index contributed by atoms with van der Waals surface area (Å²) in [6.07, 6.45) is 1.60. The number of benzene rings is 1. The van der Waals surface area contributed by atoms with Gasteiger partial charge in [0.2, 0.25) is 0 Å². The molecule has 22 heavy (non-hydrogen) atoms. The number of allylic oxidation sites excluding steroid dienone is 1. The first kappa shape index (κ1) is 17.7. The number of anilines is 1. The van der Waals surface area contributed by atoms with Crippen LogP contribution in [0.4, 0.5) is 5.69 Å². The lowest BCUT2D eigenvalue weighted by Crippen LogP contribution is -2.30. The molecule has 0 spiro atoms. The van der Waals surface area contributed by atoms with Crippen molar-refractivity contribution in [3.05, 3.63) is 34.9 Å². The fraction of sp³-hybridized carbons (Fsp3) is 0.412. The molecule has 0 radical (unpaired) electrons. The largest absolute Gasteiger partial charge is 0.383 e. The Morgan fingerprint density at radius 3 is 2.18 bits per heavy atom. The quantitative estimate of drug-likeness (QED) is 0.690. The lowest BCUT2D eigenvalue weighted by atomic mass is 10.0. The van der Waals surface area contributed by atoms with Gasteiger partial charge in [0, 0.05) is 33.0 Å². The van der Waals surface area contributed by atoms with Crippen LogP contribution in [0.1, 0.15) is 11.1 Å². The standard InChI is InChI=1S/C17H21N3O2/c1-14-10-17(20(6-8-21-2)7-9-22-3)5-4-16(14)11-15(12-18)13-19/h4-5,10-11H,6-9H2,1-3H3. The number of hydrogen-bond donors (Lipinski definition) is 0. The minimum Gasteiger partial charge on any atom is -0.383 e. The molecule has 0 aliphatic heterocycles. The van der Waals surface area contributed by atoms with E-state index in [0.29, 0.717) is 13.2 Å². The van der Waals surface area contributed by atoms with E-state index in [0.717, 1.165) is 29.9 Å². The van der Waals surface area contributed by atoms with Crippen LogP contribution in [0.25, 0.3) is 6.08 Å². The molecule has 1 rings (SSSR count). The Morgan fingerprint density at radius 1 is 1.14 bits per heavy atom. The second-order valence-corrected chi connectivity index (χ2v) is 4.80. The van der Waals surface area contributed by atoms with E-state index in [9.17, 15) is 0 Å². The van der Waals surface area contributed by atoms with Crippen LogP contribution in [-0.2, 0) is 9.47 Å². The fourth-order valence-corrected chi connectivity index (χ4v) is 2.04. The van der Waals surface area contributed by atoms with Crippen LogP contribution in [0.5, 0.6) is 0 Å². The van der Waals surface area contributed by atoms with Crippen LogP contribution < -0.4 is 4.90 Å². The Bertz CT molecular complexity index is 573. The zero-order valence-corrected chi connectivity index (χ0v) is 13.3. The van der Waals surface area contributed by atoms with E-state index in [1.54, 1.807) is 20.3 Å². The average Bonchev–Trinajstić information content (AvgIpc) is 2.54. The monoisotopic (exact) mass is 299 g/mol. The summed E-state index contributed by atoms with van der Waals surface area (Å²) in [6, 6.07) is 9.70. The highest BCUT2D eigenvalue weighted by Gasteiger charge is 2.08. The van der Waals surface area contributed by atoms with Crippen molar-refractivity contribution in [2.75, 3.05) is 45.4 Å². The van der Waals surface area contributed by atoms with Crippen LogP contribution >= 0.6 is 0 Å². The zero-order valence-electron chi connectivity index (χ0n) is 13.3. The maximum atomic E-state index is 8.84. The van der Waals surface area contributed by atoms with Crippen LogP contribution in [0.2, 0.25) is 0 Å². The maximum absolute atomic E-state index is 8.84. The maximum Gasteiger partial charge on any atom is 0.130 e. The Hall–Kier alpha value is -2.34. The Balaban J connectivity index is 3.00. The van der Waals surface area contributed by atoms with Gasteiger partial charge in [0.25, 0.3) is 0 Å². The third-order valence-electron chi connectivity index (χ3n) is 3.29. The number of rotatable bonds is 8. The van der Waals surface area contributed by atoms with E-state index >= 15 is 0 Å². The Morgan fingerprint density at radius 2 is 1.73 bits per heavy atom. The smallest absolute Gasteiger partial charge is 0.130 e. The molecule has 0 amide bonds. The second-order valence-electron chi connectivity index (χ2n) is 4.80. The van der Waals surface area contributed by atoms with Gasteiger partial charge in [-0.3, -0.25) is 0 Å². The number of nitriles is 2. The normalized spacial score (nSPS) is 9.68. The highest BCUT2D eigenvalue weighted by molar-refractivity contribution is 5.66. The van der Waals surface area contributed by atoms with Gasteiger partial charge < -0.3 is 14.4 Å². The number of hydrogen-bond acceptors (Lipinski definition) is 5. The molecule has 0 saturated carbocycles. The highest BCUT2D eigenvalue weighted by Crippen LogP contribution is 2.21. The number of ether oxygens (including phenoxy) is 2. The summed E-state index contributed by atoms with van der Waals surface area (Å²) >= 11 is 0. The first-order valence-electron chi connectivity index (χ1n) is 7.01. The molecule has 0 N–H and O–H groups in total. The molecule has 0 unspecified atom stereocenters. The van der Waals surface area contributed by atoms with Crippen molar-refractivity contribution in [2.45, 2.75) is 6.92 Å². The van der Waals surface area contributed by atoms with Crippen molar-refractivity contribution in [2.24, 2.45) is 0 Å². The molecule has 116 valence electrons.